The second-order valence-corrected chi connectivity index (χ2v) is 8.54. The second kappa shape index (κ2) is 11.3. The molecule has 0 atom stereocenters. The normalized spacial score (nSPS) is 11.2. The molecule has 0 aliphatic rings. The minimum atomic E-state index is -0.351. The minimum Gasteiger partial charge on any atom is -0.384 e. The topological polar surface area (TPSA) is 103 Å². The van der Waals surface area contributed by atoms with Gasteiger partial charge in [0.25, 0.3) is 0 Å². The molecule has 0 unspecified atom stereocenters. The van der Waals surface area contributed by atoms with Crippen LogP contribution in [0.3, 0.4) is 0 Å². The van der Waals surface area contributed by atoms with Gasteiger partial charge in [-0.25, -0.2) is 5.48 Å². The molecule has 4 N–H and O–H groups in total. The quantitative estimate of drug-likeness (QED) is 0.144. The average molecular weight is 460 g/mol. The van der Waals surface area contributed by atoms with Crippen LogP contribution in [0, 0.1) is 0 Å². The molecule has 0 aliphatic carbocycles. The number of carbonyl (C=O) groups excluding carboxylic acids is 1. The van der Waals surface area contributed by atoms with Gasteiger partial charge in [0, 0.05) is 40.0 Å². The fourth-order valence-corrected chi connectivity index (χ4v) is 4.33. The Balaban J connectivity index is 1.41. The number of nitrogens with one attached hydrogen (secondary N) is 3. The molecule has 1 amide bonds. The van der Waals surface area contributed by atoms with Crippen molar-refractivity contribution < 1.29 is 10.0 Å². The van der Waals surface area contributed by atoms with Crippen molar-refractivity contribution in [1.82, 2.24) is 20.7 Å². The number of pyridine rings is 1. The van der Waals surface area contributed by atoms with Crippen molar-refractivity contribution in [2.45, 2.75) is 29.1 Å². The number of unbranched alkanes of at least 4 members (excludes halogenated alkanes) is 1. The SMILES string of the molecule is O=C(CCCCNc1ccccc1Sc1ccc2c(/C=C/c3ccccn3)n[nH]c2c1)NO. The molecular formula is C25H25N5O2S. The fourth-order valence-electron chi connectivity index (χ4n) is 3.37. The Morgan fingerprint density at radius 2 is 1.94 bits per heavy atom. The first kappa shape index (κ1) is 22.6. The number of fused-ring (bicyclic) bond motifs is 1. The van der Waals surface area contributed by atoms with Crippen LogP contribution in [0.1, 0.15) is 30.7 Å². The predicted octanol–water partition coefficient (Wildman–Crippen LogP) is 5.37. The Kier molecular flexibility index (Phi) is 7.73. The van der Waals surface area contributed by atoms with E-state index < -0.39 is 0 Å². The summed E-state index contributed by atoms with van der Waals surface area (Å²) in [7, 11) is 0. The first-order chi connectivity index (χ1) is 16.2. The van der Waals surface area contributed by atoms with Crippen LogP contribution in [0.2, 0.25) is 0 Å². The molecule has 33 heavy (non-hydrogen) atoms. The highest BCUT2D eigenvalue weighted by molar-refractivity contribution is 7.99. The smallest absolute Gasteiger partial charge is 0.243 e. The lowest BCUT2D eigenvalue weighted by Gasteiger charge is -2.11. The molecule has 0 spiro atoms. The van der Waals surface area contributed by atoms with Gasteiger partial charge < -0.3 is 5.32 Å². The molecule has 0 fully saturated rings. The van der Waals surface area contributed by atoms with E-state index in [1.165, 1.54) is 0 Å². The van der Waals surface area contributed by atoms with Crippen molar-refractivity contribution in [3.8, 4) is 0 Å². The summed E-state index contributed by atoms with van der Waals surface area (Å²) in [5.74, 6) is -0.351. The summed E-state index contributed by atoms with van der Waals surface area (Å²) in [6, 6.07) is 20.3. The van der Waals surface area contributed by atoms with Crippen LogP contribution in [0.25, 0.3) is 23.1 Å². The van der Waals surface area contributed by atoms with E-state index >= 15 is 0 Å². The summed E-state index contributed by atoms with van der Waals surface area (Å²) in [5, 5.41) is 20.6. The van der Waals surface area contributed by atoms with Crippen molar-refractivity contribution in [3.05, 3.63) is 78.2 Å². The van der Waals surface area contributed by atoms with Gasteiger partial charge in [0.15, 0.2) is 0 Å². The number of aromatic amines is 1. The Morgan fingerprint density at radius 3 is 2.79 bits per heavy atom. The third-order valence-electron chi connectivity index (χ3n) is 5.05. The highest BCUT2D eigenvalue weighted by atomic mass is 32.2. The zero-order valence-corrected chi connectivity index (χ0v) is 18.8. The van der Waals surface area contributed by atoms with E-state index in [9.17, 15) is 4.79 Å². The monoisotopic (exact) mass is 459 g/mol. The van der Waals surface area contributed by atoms with Gasteiger partial charge in [-0.3, -0.25) is 20.1 Å². The van der Waals surface area contributed by atoms with Crippen LogP contribution in [-0.4, -0.2) is 32.8 Å². The van der Waals surface area contributed by atoms with Crippen LogP contribution in [0.5, 0.6) is 0 Å². The minimum absolute atomic E-state index is 0.317. The number of H-pyrrole nitrogens is 1. The molecule has 0 saturated carbocycles. The molecule has 2 aromatic carbocycles. The number of rotatable bonds is 10. The molecule has 2 heterocycles. The Morgan fingerprint density at radius 1 is 1.06 bits per heavy atom. The third kappa shape index (κ3) is 6.21. The molecule has 8 heteroatoms. The summed E-state index contributed by atoms with van der Waals surface area (Å²) < 4.78 is 0. The third-order valence-corrected chi connectivity index (χ3v) is 6.11. The lowest BCUT2D eigenvalue weighted by molar-refractivity contribution is -0.129. The van der Waals surface area contributed by atoms with Crippen LogP contribution in [0.4, 0.5) is 5.69 Å². The molecule has 4 aromatic rings. The van der Waals surface area contributed by atoms with Gasteiger partial charge in [-0.2, -0.15) is 5.10 Å². The van der Waals surface area contributed by atoms with Gasteiger partial charge >= 0.3 is 0 Å². The zero-order valence-electron chi connectivity index (χ0n) is 18.0. The van der Waals surface area contributed by atoms with E-state index in [2.05, 4.69) is 50.8 Å². The lowest BCUT2D eigenvalue weighted by Crippen LogP contribution is -2.18. The number of nitrogens with zero attached hydrogens (tertiary/aromatic N) is 2. The number of hydroxylamine groups is 1. The maximum atomic E-state index is 11.1. The number of hydrogen-bond acceptors (Lipinski definition) is 6. The van der Waals surface area contributed by atoms with E-state index in [1.54, 1.807) is 23.4 Å². The van der Waals surface area contributed by atoms with Crippen molar-refractivity contribution >= 4 is 46.4 Å². The molecule has 2 aromatic heterocycles. The molecule has 0 radical (unpaired) electrons. The van der Waals surface area contributed by atoms with Crippen molar-refractivity contribution in [2.24, 2.45) is 0 Å². The fraction of sp³-hybridized carbons (Fsp3) is 0.160. The molecular weight excluding hydrogens is 434 g/mol. The zero-order chi connectivity index (χ0) is 22.9. The van der Waals surface area contributed by atoms with Crippen molar-refractivity contribution in [3.63, 3.8) is 0 Å². The molecule has 4 rings (SSSR count). The van der Waals surface area contributed by atoms with Gasteiger partial charge in [-0.15, -0.1) is 0 Å². The maximum absolute atomic E-state index is 11.1. The van der Waals surface area contributed by atoms with Crippen LogP contribution >= 0.6 is 11.8 Å². The maximum Gasteiger partial charge on any atom is 0.243 e. The summed E-state index contributed by atoms with van der Waals surface area (Å²) in [6.45, 7) is 0.752. The Hall–Kier alpha value is -3.62. The molecule has 168 valence electrons. The summed E-state index contributed by atoms with van der Waals surface area (Å²) in [4.78, 5) is 17.6. The molecule has 0 bridgehead atoms. The van der Waals surface area contributed by atoms with E-state index in [0.717, 1.165) is 50.7 Å². The number of para-hydroxylation sites is 1. The number of hydrogen-bond donors (Lipinski definition) is 4. The highest BCUT2D eigenvalue weighted by Gasteiger charge is 2.08. The highest BCUT2D eigenvalue weighted by Crippen LogP contribution is 2.35. The van der Waals surface area contributed by atoms with E-state index in [0.29, 0.717) is 12.8 Å². The van der Waals surface area contributed by atoms with Gasteiger partial charge in [0.05, 0.1) is 16.9 Å². The first-order valence-corrected chi connectivity index (χ1v) is 11.6. The number of carbonyl (C=O) groups is 1. The second-order valence-electron chi connectivity index (χ2n) is 7.42. The van der Waals surface area contributed by atoms with Gasteiger partial charge in [-0.1, -0.05) is 30.0 Å². The van der Waals surface area contributed by atoms with Crippen LogP contribution < -0.4 is 10.8 Å². The molecule has 7 nitrogen and oxygen atoms in total. The van der Waals surface area contributed by atoms with Gasteiger partial charge in [-0.05, 0) is 67.5 Å². The summed E-state index contributed by atoms with van der Waals surface area (Å²) in [5.41, 5.74) is 5.46. The average Bonchev–Trinajstić information content (AvgIpc) is 3.26. The largest absolute Gasteiger partial charge is 0.384 e. The number of benzene rings is 2. The van der Waals surface area contributed by atoms with Crippen LogP contribution in [-0.2, 0) is 4.79 Å². The van der Waals surface area contributed by atoms with Gasteiger partial charge in [0.1, 0.15) is 0 Å². The lowest BCUT2D eigenvalue weighted by atomic mass is 10.2. The van der Waals surface area contributed by atoms with Crippen molar-refractivity contribution in [1.29, 1.82) is 0 Å². The molecule has 0 aliphatic heterocycles. The Labute approximate surface area is 196 Å². The predicted molar refractivity (Wildman–Crippen MR) is 132 cm³/mol. The number of aromatic nitrogens is 3. The number of amides is 1. The molecule has 0 saturated heterocycles. The van der Waals surface area contributed by atoms with E-state index in [4.69, 9.17) is 5.21 Å². The van der Waals surface area contributed by atoms with Crippen molar-refractivity contribution in [2.75, 3.05) is 11.9 Å². The number of anilines is 1. The summed E-state index contributed by atoms with van der Waals surface area (Å²) in [6.07, 6.45) is 7.56. The standard InChI is InChI=1S/C25H25N5O2S/c31-25(30-32)10-4-6-16-27-22-8-1-2-9-24(22)33-19-12-13-20-21(28-29-23(20)17-19)14-11-18-7-3-5-15-26-18/h1-3,5,7-9,11-15,17,27,32H,4,6,10,16H2,(H,28,29)(H,30,31)/b14-11+. The van der Waals surface area contributed by atoms with E-state index in [1.807, 2.05) is 42.5 Å². The van der Waals surface area contributed by atoms with Gasteiger partial charge in [0.2, 0.25) is 5.91 Å². The van der Waals surface area contributed by atoms with Crippen LogP contribution in [0.15, 0.2) is 76.7 Å². The van der Waals surface area contributed by atoms with E-state index in [-0.39, 0.29) is 5.91 Å². The first-order valence-electron chi connectivity index (χ1n) is 10.7. The summed E-state index contributed by atoms with van der Waals surface area (Å²) >= 11 is 1.69. The Bertz CT molecular complexity index is 1240.